The second-order valence-electron chi connectivity index (χ2n) is 8.19. The van der Waals surface area contributed by atoms with Crippen LogP contribution in [0.4, 0.5) is 4.39 Å². The largest absolute Gasteiger partial charge is 0.379 e. The summed E-state index contributed by atoms with van der Waals surface area (Å²) < 4.78 is 21.4. The maximum absolute atomic E-state index is 15.2. The van der Waals surface area contributed by atoms with Crippen LogP contribution in [0.2, 0.25) is 5.02 Å². The Bertz CT molecular complexity index is 1300. The highest BCUT2D eigenvalue weighted by Crippen LogP contribution is 2.20. The van der Waals surface area contributed by atoms with Crippen molar-refractivity contribution in [1.29, 1.82) is 0 Å². The number of aromatic nitrogens is 1. The molecule has 2 aromatic carbocycles. The molecule has 1 saturated heterocycles. The summed E-state index contributed by atoms with van der Waals surface area (Å²) in [5.74, 6) is -2.04. The lowest BCUT2D eigenvalue weighted by atomic mass is 10.1. The number of morpholine rings is 1. The number of benzene rings is 2. The molecular weight excluding hydrogens is 477 g/mol. The first-order valence-electron chi connectivity index (χ1n) is 11.3. The zero-order valence-corrected chi connectivity index (χ0v) is 19.9. The number of rotatable bonds is 7. The van der Waals surface area contributed by atoms with Crippen LogP contribution in [-0.4, -0.2) is 47.8 Å². The van der Waals surface area contributed by atoms with Crippen LogP contribution in [0.15, 0.2) is 47.4 Å². The van der Waals surface area contributed by atoms with E-state index >= 15 is 4.39 Å². The predicted molar refractivity (Wildman–Crippen MR) is 129 cm³/mol. The first kappa shape index (κ1) is 24.8. The molecule has 1 aliphatic heterocycles. The summed E-state index contributed by atoms with van der Waals surface area (Å²) in [5.41, 5.74) is 0.233. The Morgan fingerprint density at radius 1 is 1.14 bits per heavy atom. The molecule has 0 aliphatic carbocycles. The monoisotopic (exact) mass is 501 g/mol. The third-order valence-electron chi connectivity index (χ3n) is 5.69. The molecule has 3 aromatic rings. The maximum Gasteiger partial charge on any atom is 0.332 e. The summed E-state index contributed by atoms with van der Waals surface area (Å²) in [6.07, 6.45) is 1.09. The van der Waals surface area contributed by atoms with Crippen LogP contribution in [0.5, 0.6) is 0 Å². The zero-order chi connectivity index (χ0) is 24.9. The molecule has 2 heterocycles. The highest BCUT2D eigenvalue weighted by atomic mass is 35.5. The molecular formula is C25H25ClFN3O5. The first-order valence-corrected chi connectivity index (χ1v) is 11.6. The van der Waals surface area contributed by atoms with Crippen LogP contribution >= 0.6 is 11.6 Å². The van der Waals surface area contributed by atoms with E-state index in [2.05, 4.69) is 10.2 Å². The number of hydrogen-bond acceptors (Lipinski definition) is 6. The van der Waals surface area contributed by atoms with Crippen molar-refractivity contribution in [1.82, 2.24) is 14.9 Å². The maximum atomic E-state index is 15.2. The molecule has 1 fully saturated rings. The Morgan fingerprint density at radius 2 is 1.86 bits per heavy atom. The second kappa shape index (κ2) is 11.0. The van der Waals surface area contributed by atoms with E-state index in [-0.39, 0.29) is 29.4 Å². The number of fused-ring (bicyclic) bond motifs is 1. The SMILES string of the molecule is CCC(=O)On1cc(C(=O)NCc2ccc(Cl)cc2)c(=O)c2cc(CN3CCOCC3)cc(F)c21. The Morgan fingerprint density at radius 3 is 2.54 bits per heavy atom. The summed E-state index contributed by atoms with van der Waals surface area (Å²) >= 11 is 5.89. The van der Waals surface area contributed by atoms with Crippen LogP contribution < -0.4 is 15.6 Å². The number of amides is 1. The summed E-state index contributed by atoms with van der Waals surface area (Å²) in [6, 6.07) is 9.73. The van der Waals surface area contributed by atoms with Crippen LogP contribution in [0.3, 0.4) is 0 Å². The molecule has 0 spiro atoms. The van der Waals surface area contributed by atoms with Crippen molar-refractivity contribution in [2.75, 3.05) is 26.3 Å². The molecule has 0 unspecified atom stereocenters. The van der Waals surface area contributed by atoms with Crippen molar-refractivity contribution in [3.63, 3.8) is 0 Å². The Hall–Kier alpha value is -3.27. The Balaban J connectivity index is 1.71. The summed E-state index contributed by atoms with van der Waals surface area (Å²) in [7, 11) is 0. The van der Waals surface area contributed by atoms with Crippen LogP contribution in [0.1, 0.15) is 34.8 Å². The highest BCUT2D eigenvalue weighted by Gasteiger charge is 2.21. The number of halogens is 2. The molecule has 184 valence electrons. The summed E-state index contributed by atoms with van der Waals surface area (Å²) in [6.45, 7) is 4.67. The van der Waals surface area contributed by atoms with E-state index in [4.69, 9.17) is 21.2 Å². The smallest absolute Gasteiger partial charge is 0.332 e. The minimum absolute atomic E-state index is 0.0302. The number of hydrogen-bond donors (Lipinski definition) is 1. The summed E-state index contributed by atoms with van der Waals surface area (Å²) in [5, 5.41) is 3.19. The minimum Gasteiger partial charge on any atom is -0.379 e. The first-order chi connectivity index (χ1) is 16.9. The molecule has 35 heavy (non-hydrogen) atoms. The zero-order valence-electron chi connectivity index (χ0n) is 19.2. The van der Waals surface area contributed by atoms with Crippen LogP contribution in [0.25, 0.3) is 10.9 Å². The van der Waals surface area contributed by atoms with E-state index in [1.54, 1.807) is 37.3 Å². The average Bonchev–Trinajstić information content (AvgIpc) is 2.85. The molecule has 0 atom stereocenters. The molecule has 1 N–H and O–H groups in total. The Kier molecular flexibility index (Phi) is 7.80. The van der Waals surface area contributed by atoms with Gasteiger partial charge in [0.25, 0.3) is 5.91 Å². The van der Waals surface area contributed by atoms with Crippen molar-refractivity contribution in [3.05, 3.63) is 80.3 Å². The van der Waals surface area contributed by atoms with Gasteiger partial charge in [0.2, 0.25) is 5.43 Å². The van der Waals surface area contributed by atoms with Gasteiger partial charge in [0.1, 0.15) is 11.1 Å². The van der Waals surface area contributed by atoms with Gasteiger partial charge in [0.05, 0.1) is 24.8 Å². The van der Waals surface area contributed by atoms with E-state index in [1.165, 1.54) is 6.07 Å². The van der Waals surface area contributed by atoms with Crippen molar-refractivity contribution in [3.8, 4) is 0 Å². The van der Waals surface area contributed by atoms with Gasteiger partial charge in [-0.3, -0.25) is 14.5 Å². The molecule has 0 saturated carbocycles. The normalized spacial score (nSPS) is 14.1. The van der Waals surface area contributed by atoms with Gasteiger partial charge in [-0.05, 0) is 35.4 Å². The van der Waals surface area contributed by atoms with Gasteiger partial charge in [-0.2, -0.15) is 4.73 Å². The number of carbonyl (C=O) groups excluding carboxylic acids is 2. The predicted octanol–water partition coefficient (Wildman–Crippen LogP) is 2.92. The average molecular weight is 502 g/mol. The quantitative estimate of drug-likeness (QED) is 0.535. The van der Waals surface area contributed by atoms with E-state index in [9.17, 15) is 14.4 Å². The molecule has 1 aromatic heterocycles. The van der Waals surface area contributed by atoms with Gasteiger partial charge >= 0.3 is 5.97 Å². The third-order valence-corrected chi connectivity index (χ3v) is 5.94. The van der Waals surface area contributed by atoms with Crippen molar-refractivity contribution >= 4 is 34.4 Å². The van der Waals surface area contributed by atoms with Gasteiger partial charge < -0.3 is 14.9 Å². The van der Waals surface area contributed by atoms with Crippen LogP contribution in [-0.2, 0) is 22.6 Å². The van der Waals surface area contributed by atoms with Gasteiger partial charge in [-0.1, -0.05) is 30.7 Å². The standard InChI is InChI=1S/C25H25ClFN3O5/c1-2-22(31)35-30-15-20(25(33)28-13-16-3-5-18(26)6-4-16)24(32)19-11-17(12-21(27)23(19)30)14-29-7-9-34-10-8-29/h3-6,11-12,15H,2,7-10,13-14H2,1H3,(H,28,33). The molecule has 0 bridgehead atoms. The highest BCUT2D eigenvalue weighted by molar-refractivity contribution is 6.30. The number of carbonyl (C=O) groups is 2. The van der Waals surface area contributed by atoms with Gasteiger partial charge in [-0.15, -0.1) is 0 Å². The van der Waals surface area contributed by atoms with Gasteiger partial charge in [0, 0.05) is 37.6 Å². The fraction of sp³-hybridized carbons (Fsp3) is 0.320. The lowest BCUT2D eigenvalue weighted by molar-refractivity contribution is -0.143. The molecule has 8 nitrogen and oxygen atoms in total. The van der Waals surface area contributed by atoms with Crippen molar-refractivity contribution in [2.45, 2.75) is 26.4 Å². The molecule has 1 aliphatic rings. The minimum atomic E-state index is -0.722. The van der Waals surface area contributed by atoms with E-state index in [1.807, 2.05) is 0 Å². The lowest BCUT2D eigenvalue weighted by Crippen LogP contribution is -2.35. The number of ether oxygens (including phenoxy) is 1. The topological polar surface area (TPSA) is 89.9 Å². The number of nitrogens with one attached hydrogen (secondary N) is 1. The van der Waals surface area contributed by atoms with Crippen LogP contribution in [0, 0.1) is 5.82 Å². The van der Waals surface area contributed by atoms with E-state index < -0.39 is 23.1 Å². The Labute approximate surface area is 206 Å². The summed E-state index contributed by atoms with van der Waals surface area (Å²) in [4.78, 5) is 45.6. The number of pyridine rings is 1. The lowest BCUT2D eigenvalue weighted by Gasteiger charge is -2.26. The van der Waals surface area contributed by atoms with Crippen molar-refractivity contribution in [2.24, 2.45) is 0 Å². The fourth-order valence-corrected chi connectivity index (χ4v) is 3.96. The third kappa shape index (κ3) is 5.87. The van der Waals surface area contributed by atoms with Crippen molar-refractivity contribution < 1.29 is 23.6 Å². The van der Waals surface area contributed by atoms with Gasteiger partial charge in [0.15, 0.2) is 5.82 Å². The molecule has 10 heteroatoms. The number of nitrogens with zero attached hydrogens (tertiary/aromatic N) is 2. The molecule has 1 amide bonds. The van der Waals surface area contributed by atoms with E-state index in [0.29, 0.717) is 43.4 Å². The molecule has 0 radical (unpaired) electrons. The van der Waals surface area contributed by atoms with E-state index in [0.717, 1.165) is 16.5 Å². The molecule has 4 rings (SSSR count). The van der Waals surface area contributed by atoms with Gasteiger partial charge in [-0.25, -0.2) is 9.18 Å². The second-order valence-corrected chi connectivity index (χ2v) is 8.62. The fourth-order valence-electron chi connectivity index (χ4n) is 3.83.